The third kappa shape index (κ3) is 2.54. The van der Waals surface area contributed by atoms with Gasteiger partial charge in [0.1, 0.15) is 0 Å². The molecule has 0 fully saturated rings. The standard InChI is InChI=1S/C9H12INO2Si/c1-14(2,3)9-5-4-7(10)6-8(9)11(12)13/h4-6H,1-3H3. The highest BCUT2D eigenvalue weighted by molar-refractivity contribution is 14.1. The molecule has 0 aliphatic rings. The molecule has 0 unspecified atom stereocenters. The second kappa shape index (κ2) is 3.97. The highest BCUT2D eigenvalue weighted by atomic mass is 127. The minimum atomic E-state index is -1.61. The molecule has 1 aromatic rings. The largest absolute Gasteiger partial charge is 0.269 e. The summed E-state index contributed by atoms with van der Waals surface area (Å²) in [6.45, 7) is 6.34. The van der Waals surface area contributed by atoms with Crippen LogP contribution in [0.3, 0.4) is 0 Å². The predicted octanol–water partition coefficient (Wildman–Crippen LogP) is 2.74. The van der Waals surface area contributed by atoms with Gasteiger partial charge in [-0.2, -0.15) is 0 Å². The van der Waals surface area contributed by atoms with Crippen LogP contribution in [-0.4, -0.2) is 13.0 Å². The van der Waals surface area contributed by atoms with Crippen LogP contribution in [0.2, 0.25) is 19.6 Å². The van der Waals surface area contributed by atoms with Crippen molar-refractivity contribution in [2.45, 2.75) is 19.6 Å². The molecule has 5 heteroatoms. The van der Waals surface area contributed by atoms with Crippen molar-refractivity contribution in [3.63, 3.8) is 0 Å². The smallest absolute Gasteiger partial charge is 0.258 e. The first-order valence-corrected chi connectivity index (χ1v) is 8.84. The van der Waals surface area contributed by atoms with Gasteiger partial charge in [0, 0.05) is 14.8 Å². The van der Waals surface area contributed by atoms with Crippen molar-refractivity contribution < 1.29 is 4.92 Å². The average Bonchev–Trinajstić information content (AvgIpc) is 2.01. The Morgan fingerprint density at radius 2 is 1.93 bits per heavy atom. The summed E-state index contributed by atoms with van der Waals surface area (Å²) in [6, 6.07) is 5.47. The molecule has 14 heavy (non-hydrogen) atoms. The van der Waals surface area contributed by atoms with E-state index in [0.29, 0.717) is 0 Å². The number of rotatable bonds is 2. The molecule has 0 aliphatic heterocycles. The second-order valence-corrected chi connectivity index (χ2v) is 10.5. The van der Waals surface area contributed by atoms with Gasteiger partial charge in [-0.1, -0.05) is 25.7 Å². The quantitative estimate of drug-likeness (QED) is 0.364. The Labute approximate surface area is 97.8 Å². The molecular formula is C9H12INO2Si. The van der Waals surface area contributed by atoms with Gasteiger partial charge in [-0.3, -0.25) is 10.1 Å². The van der Waals surface area contributed by atoms with E-state index in [0.717, 1.165) is 8.76 Å². The number of hydrogen-bond donors (Lipinski definition) is 0. The van der Waals surface area contributed by atoms with Crippen LogP contribution in [0.25, 0.3) is 0 Å². The Morgan fingerprint density at radius 1 is 1.36 bits per heavy atom. The fourth-order valence-corrected chi connectivity index (χ4v) is 3.28. The molecule has 0 bridgehead atoms. The average molecular weight is 321 g/mol. The van der Waals surface area contributed by atoms with Gasteiger partial charge in [0.25, 0.3) is 5.69 Å². The van der Waals surface area contributed by atoms with E-state index in [1.54, 1.807) is 6.07 Å². The molecule has 3 nitrogen and oxygen atoms in total. The summed E-state index contributed by atoms with van der Waals surface area (Å²) in [5.41, 5.74) is 0.274. The van der Waals surface area contributed by atoms with Crippen molar-refractivity contribution in [1.29, 1.82) is 0 Å². The molecule has 0 aromatic heterocycles. The summed E-state index contributed by atoms with van der Waals surface area (Å²) >= 11 is 2.09. The molecule has 0 N–H and O–H groups in total. The van der Waals surface area contributed by atoms with E-state index in [1.165, 1.54) is 0 Å². The number of nitrogens with zero attached hydrogens (tertiary/aromatic N) is 1. The van der Waals surface area contributed by atoms with Gasteiger partial charge in [-0.15, -0.1) is 0 Å². The van der Waals surface area contributed by atoms with Gasteiger partial charge in [0.15, 0.2) is 0 Å². The third-order valence-electron chi connectivity index (χ3n) is 1.96. The van der Waals surface area contributed by atoms with Crippen LogP contribution in [0.5, 0.6) is 0 Å². The fourth-order valence-electron chi connectivity index (χ4n) is 1.29. The van der Waals surface area contributed by atoms with Crippen LogP contribution in [0, 0.1) is 13.7 Å². The summed E-state index contributed by atoms with van der Waals surface area (Å²) in [6.07, 6.45) is 0. The maximum absolute atomic E-state index is 10.8. The van der Waals surface area contributed by atoms with E-state index < -0.39 is 8.07 Å². The molecule has 0 amide bonds. The maximum atomic E-state index is 10.8. The SMILES string of the molecule is C[Si](C)(C)c1ccc(I)cc1[N+](=O)[O-]. The van der Waals surface area contributed by atoms with Crippen LogP contribution in [0.15, 0.2) is 18.2 Å². The van der Waals surface area contributed by atoms with Crippen LogP contribution in [0.4, 0.5) is 5.69 Å². The Bertz CT molecular complexity index is 374. The lowest BCUT2D eigenvalue weighted by Crippen LogP contribution is -2.39. The molecule has 0 saturated heterocycles. The number of nitro benzene ring substituents is 1. The topological polar surface area (TPSA) is 43.1 Å². The van der Waals surface area contributed by atoms with E-state index in [4.69, 9.17) is 0 Å². The number of nitro groups is 1. The first-order chi connectivity index (χ1) is 6.32. The van der Waals surface area contributed by atoms with Gasteiger partial charge >= 0.3 is 0 Å². The summed E-state index contributed by atoms with van der Waals surface area (Å²) in [5.74, 6) is 0. The number of benzene rings is 1. The Hall–Kier alpha value is -0.433. The first kappa shape index (κ1) is 11.6. The van der Waals surface area contributed by atoms with Gasteiger partial charge in [0.05, 0.1) is 13.0 Å². The van der Waals surface area contributed by atoms with Crippen molar-refractivity contribution in [2.75, 3.05) is 0 Å². The lowest BCUT2D eigenvalue weighted by atomic mass is 10.3. The molecule has 0 atom stereocenters. The molecule has 1 aromatic carbocycles. The molecule has 0 radical (unpaired) electrons. The van der Waals surface area contributed by atoms with Crippen molar-refractivity contribution >= 4 is 41.5 Å². The minimum Gasteiger partial charge on any atom is -0.258 e. The minimum absolute atomic E-state index is 0.274. The van der Waals surface area contributed by atoms with E-state index in [1.807, 2.05) is 12.1 Å². The Balaban J connectivity index is 3.37. The molecular weight excluding hydrogens is 309 g/mol. The number of halogens is 1. The van der Waals surface area contributed by atoms with Gasteiger partial charge in [0.2, 0.25) is 0 Å². The fraction of sp³-hybridized carbons (Fsp3) is 0.333. The van der Waals surface area contributed by atoms with E-state index in [9.17, 15) is 10.1 Å². The van der Waals surface area contributed by atoms with E-state index >= 15 is 0 Å². The van der Waals surface area contributed by atoms with Crippen LogP contribution < -0.4 is 5.19 Å². The lowest BCUT2D eigenvalue weighted by Gasteiger charge is -2.16. The molecule has 0 heterocycles. The molecule has 76 valence electrons. The van der Waals surface area contributed by atoms with Crippen LogP contribution in [0.1, 0.15) is 0 Å². The van der Waals surface area contributed by atoms with Gasteiger partial charge < -0.3 is 0 Å². The Morgan fingerprint density at radius 3 is 2.36 bits per heavy atom. The van der Waals surface area contributed by atoms with Gasteiger partial charge in [-0.25, -0.2) is 0 Å². The zero-order valence-corrected chi connectivity index (χ0v) is 11.5. The van der Waals surface area contributed by atoms with E-state index in [2.05, 4.69) is 42.2 Å². The van der Waals surface area contributed by atoms with Crippen LogP contribution in [-0.2, 0) is 0 Å². The highest BCUT2D eigenvalue weighted by Gasteiger charge is 2.26. The molecule has 1 rings (SSSR count). The summed E-state index contributed by atoms with van der Waals surface area (Å²) in [5, 5.41) is 11.8. The van der Waals surface area contributed by atoms with Crippen molar-refractivity contribution in [3.05, 3.63) is 31.9 Å². The van der Waals surface area contributed by atoms with Crippen molar-refractivity contribution in [2.24, 2.45) is 0 Å². The normalized spacial score (nSPS) is 11.4. The van der Waals surface area contributed by atoms with Crippen molar-refractivity contribution in [1.82, 2.24) is 0 Å². The van der Waals surface area contributed by atoms with Gasteiger partial charge in [-0.05, 0) is 28.7 Å². The van der Waals surface area contributed by atoms with E-state index in [-0.39, 0.29) is 10.6 Å². The Kier molecular flexibility index (Phi) is 3.30. The first-order valence-electron chi connectivity index (χ1n) is 4.27. The zero-order chi connectivity index (χ0) is 10.9. The van der Waals surface area contributed by atoms with Crippen LogP contribution >= 0.6 is 22.6 Å². The zero-order valence-electron chi connectivity index (χ0n) is 8.37. The highest BCUT2D eigenvalue weighted by Crippen LogP contribution is 2.17. The molecule has 0 saturated carbocycles. The second-order valence-electron chi connectivity index (χ2n) is 4.17. The molecule has 0 aliphatic carbocycles. The summed E-state index contributed by atoms with van der Waals surface area (Å²) in [4.78, 5) is 10.6. The number of hydrogen-bond acceptors (Lipinski definition) is 2. The predicted molar refractivity (Wildman–Crippen MR) is 68.8 cm³/mol. The van der Waals surface area contributed by atoms with Crippen molar-refractivity contribution in [3.8, 4) is 0 Å². The maximum Gasteiger partial charge on any atom is 0.269 e. The summed E-state index contributed by atoms with van der Waals surface area (Å²) in [7, 11) is -1.61. The third-order valence-corrected chi connectivity index (χ3v) is 4.67. The lowest BCUT2D eigenvalue weighted by molar-refractivity contribution is -0.383. The monoisotopic (exact) mass is 321 g/mol. The summed E-state index contributed by atoms with van der Waals surface area (Å²) < 4.78 is 0.913. The molecule has 0 spiro atoms.